The lowest BCUT2D eigenvalue weighted by Gasteiger charge is -2.16. The van der Waals surface area contributed by atoms with Gasteiger partial charge in [-0.3, -0.25) is 9.36 Å². The van der Waals surface area contributed by atoms with E-state index in [0.29, 0.717) is 6.42 Å². The Hall–Kier alpha value is -1.90. The van der Waals surface area contributed by atoms with Crippen LogP contribution in [0.25, 0.3) is 0 Å². The van der Waals surface area contributed by atoms with Crippen LogP contribution in [-0.4, -0.2) is 15.5 Å². The van der Waals surface area contributed by atoms with E-state index in [9.17, 15) is 4.79 Å². The van der Waals surface area contributed by atoms with Gasteiger partial charge in [0.1, 0.15) is 6.33 Å². The Balaban J connectivity index is 1.79. The van der Waals surface area contributed by atoms with Crippen LogP contribution < -0.4 is 0 Å². The van der Waals surface area contributed by atoms with Crippen molar-refractivity contribution in [2.45, 2.75) is 32.1 Å². The number of hydrogen-bond donors (Lipinski definition) is 0. The molecular formula is C15H16N2O. The van der Waals surface area contributed by atoms with Gasteiger partial charge in [-0.1, -0.05) is 18.2 Å². The molecule has 3 rings (SSSR count). The van der Waals surface area contributed by atoms with Gasteiger partial charge in [0.25, 0.3) is 0 Å². The van der Waals surface area contributed by atoms with Gasteiger partial charge in [0.2, 0.25) is 5.91 Å². The largest absolute Gasteiger partial charge is 0.276 e. The summed E-state index contributed by atoms with van der Waals surface area (Å²) < 4.78 is 1.54. The van der Waals surface area contributed by atoms with Crippen molar-refractivity contribution >= 4 is 5.91 Å². The monoisotopic (exact) mass is 240 g/mol. The number of carbonyl (C=O) groups excluding carboxylic acids is 1. The lowest BCUT2D eigenvalue weighted by atomic mass is 9.90. The van der Waals surface area contributed by atoms with Crippen molar-refractivity contribution < 1.29 is 4.79 Å². The van der Waals surface area contributed by atoms with Crippen molar-refractivity contribution in [3.05, 3.63) is 53.6 Å². The summed E-state index contributed by atoms with van der Waals surface area (Å²) in [6, 6.07) is 6.47. The second kappa shape index (κ2) is 4.77. The van der Waals surface area contributed by atoms with E-state index in [1.54, 1.807) is 23.3 Å². The number of fused-ring (bicyclic) bond motifs is 1. The minimum absolute atomic E-state index is 0.0725. The molecule has 0 amide bonds. The molecule has 0 fully saturated rings. The zero-order valence-electron chi connectivity index (χ0n) is 10.3. The summed E-state index contributed by atoms with van der Waals surface area (Å²) in [5.41, 5.74) is 3.99. The fourth-order valence-electron chi connectivity index (χ4n) is 2.57. The fourth-order valence-corrected chi connectivity index (χ4v) is 2.57. The topological polar surface area (TPSA) is 34.9 Å². The zero-order chi connectivity index (χ0) is 12.4. The van der Waals surface area contributed by atoms with Crippen LogP contribution in [0.15, 0.2) is 36.9 Å². The Morgan fingerprint density at radius 1 is 1.22 bits per heavy atom. The van der Waals surface area contributed by atoms with E-state index in [4.69, 9.17) is 0 Å². The van der Waals surface area contributed by atoms with Crippen LogP contribution in [0.1, 0.15) is 34.3 Å². The smallest absolute Gasteiger partial charge is 0.236 e. The van der Waals surface area contributed by atoms with Gasteiger partial charge in [0.15, 0.2) is 0 Å². The summed E-state index contributed by atoms with van der Waals surface area (Å²) in [7, 11) is 0. The van der Waals surface area contributed by atoms with Gasteiger partial charge in [-0.25, -0.2) is 4.98 Å². The van der Waals surface area contributed by atoms with E-state index in [1.807, 2.05) is 0 Å². The number of nitrogens with zero attached hydrogens (tertiary/aromatic N) is 2. The van der Waals surface area contributed by atoms with Gasteiger partial charge in [0, 0.05) is 12.4 Å². The van der Waals surface area contributed by atoms with Crippen molar-refractivity contribution in [3.63, 3.8) is 0 Å². The van der Waals surface area contributed by atoms with Crippen LogP contribution in [0, 0.1) is 0 Å². The Labute approximate surface area is 106 Å². The first-order valence-corrected chi connectivity index (χ1v) is 6.45. The van der Waals surface area contributed by atoms with E-state index >= 15 is 0 Å². The van der Waals surface area contributed by atoms with Gasteiger partial charge >= 0.3 is 0 Å². The minimum Gasteiger partial charge on any atom is -0.276 e. The van der Waals surface area contributed by atoms with Crippen LogP contribution in [0.2, 0.25) is 0 Å². The van der Waals surface area contributed by atoms with Crippen LogP contribution in [0.4, 0.5) is 0 Å². The molecule has 3 nitrogen and oxygen atoms in total. The molecule has 1 aromatic heterocycles. The van der Waals surface area contributed by atoms with Crippen LogP contribution in [0.3, 0.4) is 0 Å². The molecule has 1 heterocycles. The van der Waals surface area contributed by atoms with Crippen LogP contribution >= 0.6 is 0 Å². The predicted molar refractivity (Wildman–Crippen MR) is 69.6 cm³/mol. The standard InChI is InChI=1S/C15H16N2O/c18-15(17-8-7-16-11-17)10-12-5-6-13-3-1-2-4-14(13)9-12/h5-9,11H,1-4,10H2. The lowest BCUT2D eigenvalue weighted by Crippen LogP contribution is -2.12. The molecule has 92 valence electrons. The number of hydrogen-bond acceptors (Lipinski definition) is 2. The molecule has 1 aliphatic carbocycles. The molecule has 3 heteroatoms. The van der Waals surface area contributed by atoms with Crippen LogP contribution in [0.5, 0.6) is 0 Å². The third kappa shape index (κ3) is 2.21. The highest BCUT2D eigenvalue weighted by molar-refractivity contribution is 5.81. The number of aryl methyl sites for hydroxylation is 2. The zero-order valence-corrected chi connectivity index (χ0v) is 10.3. The van der Waals surface area contributed by atoms with Crippen molar-refractivity contribution in [2.75, 3.05) is 0 Å². The highest BCUT2D eigenvalue weighted by Crippen LogP contribution is 2.22. The van der Waals surface area contributed by atoms with Crippen LogP contribution in [-0.2, 0) is 19.3 Å². The molecule has 0 aliphatic heterocycles. The number of benzene rings is 1. The molecule has 0 saturated heterocycles. The summed E-state index contributed by atoms with van der Waals surface area (Å²) in [4.78, 5) is 15.9. The highest BCUT2D eigenvalue weighted by Gasteiger charge is 2.11. The third-order valence-electron chi connectivity index (χ3n) is 3.56. The minimum atomic E-state index is 0.0725. The van der Waals surface area contributed by atoms with Gasteiger partial charge in [-0.15, -0.1) is 0 Å². The second-order valence-electron chi connectivity index (χ2n) is 4.85. The maximum Gasteiger partial charge on any atom is 0.236 e. The Morgan fingerprint density at radius 2 is 2.06 bits per heavy atom. The summed E-state index contributed by atoms with van der Waals surface area (Å²) in [6.07, 6.45) is 10.2. The first-order chi connectivity index (χ1) is 8.83. The molecule has 0 N–H and O–H groups in total. The average Bonchev–Trinajstić information content (AvgIpc) is 2.92. The van der Waals surface area contributed by atoms with E-state index in [1.165, 1.54) is 30.4 Å². The number of imidazole rings is 1. The van der Waals surface area contributed by atoms with Gasteiger partial charge in [-0.2, -0.15) is 0 Å². The van der Waals surface area contributed by atoms with Crippen molar-refractivity contribution in [3.8, 4) is 0 Å². The molecule has 0 radical (unpaired) electrons. The summed E-state index contributed by atoms with van der Waals surface area (Å²) >= 11 is 0. The summed E-state index contributed by atoms with van der Waals surface area (Å²) in [5, 5.41) is 0. The lowest BCUT2D eigenvalue weighted by molar-refractivity contribution is 0.0914. The van der Waals surface area contributed by atoms with Crippen molar-refractivity contribution in [1.29, 1.82) is 0 Å². The van der Waals surface area contributed by atoms with Gasteiger partial charge < -0.3 is 0 Å². The van der Waals surface area contributed by atoms with Crippen molar-refractivity contribution in [2.24, 2.45) is 0 Å². The quantitative estimate of drug-likeness (QED) is 0.808. The van der Waals surface area contributed by atoms with Crippen molar-refractivity contribution in [1.82, 2.24) is 9.55 Å². The molecule has 18 heavy (non-hydrogen) atoms. The van der Waals surface area contributed by atoms with E-state index in [-0.39, 0.29) is 5.91 Å². The molecule has 2 aromatic rings. The van der Waals surface area contributed by atoms with Gasteiger partial charge in [-0.05, 0) is 42.4 Å². The second-order valence-corrected chi connectivity index (χ2v) is 4.85. The van der Waals surface area contributed by atoms with Gasteiger partial charge in [0.05, 0.1) is 6.42 Å². The van der Waals surface area contributed by atoms with E-state index < -0.39 is 0 Å². The average molecular weight is 240 g/mol. The Morgan fingerprint density at radius 3 is 2.83 bits per heavy atom. The Kier molecular flexibility index (Phi) is 2.97. The molecule has 0 saturated carbocycles. The fraction of sp³-hybridized carbons (Fsp3) is 0.333. The Bertz CT molecular complexity index is 558. The maximum absolute atomic E-state index is 12.0. The summed E-state index contributed by atoms with van der Waals surface area (Å²) in [6.45, 7) is 0. The SMILES string of the molecule is O=C(Cc1ccc2c(c1)CCCC2)n1ccnc1. The van der Waals surface area contributed by atoms with E-state index in [0.717, 1.165) is 12.0 Å². The predicted octanol–water partition coefficient (Wildman–Crippen LogP) is 2.64. The molecule has 0 atom stereocenters. The molecule has 1 aromatic carbocycles. The molecule has 0 unspecified atom stereocenters. The first kappa shape index (κ1) is 11.2. The molecule has 0 spiro atoms. The maximum atomic E-state index is 12.0. The molecule has 1 aliphatic rings. The highest BCUT2D eigenvalue weighted by atomic mass is 16.2. The number of carbonyl (C=O) groups is 1. The first-order valence-electron chi connectivity index (χ1n) is 6.45. The number of aromatic nitrogens is 2. The molecule has 0 bridgehead atoms. The third-order valence-corrected chi connectivity index (χ3v) is 3.56. The summed E-state index contributed by atoms with van der Waals surface area (Å²) in [5.74, 6) is 0.0725. The number of rotatable bonds is 2. The normalized spacial score (nSPS) is 14.2. The van der Waals surface area contributed by atoms with E-state index in [2.05, 4.69) is 23.2 Å². The molecular weight excluding hydrogens is 224 g/mol.